The Morgan fingerprint density at radius 2 is 1.93 bits per heavy atom. The topological polar surface area (TPSA) is 84.9 Å². The van der Waals surface area contributed by atoms with Crippen molar-refractivity contribution in [3.63, 3.8) is 0 Å². The molecule has 1 N–H and O–H groups in total. The number of ether oxygens (including phenoxy) is 2. The van der Waals surface area contributed by atoms with Crippen molar-refractivity contribution in [1.29, 1.82) is 0 Å². The molecule has 0 unspecified atom stereocenters. The van der Waals surface area contributed by atoms with Gasteiger partial charge in [0, 0.05) is 13.1 Å². The number of hydrogen-bond donors (Lipinski definition) is 1. The number of amides is 1. The van der Waals surface area contributed by atoms with Gasteiger partial charge in [-0.2, -0.15) is 0 Å². The van der Waals surface area contributed by atoms with Crippen molar-refractivity contribution in [3.05, 3.63) is 41.4 Å². The van der Waals surface area contributed by atoms with Crippen molar-refractivity contribution >= 4 is 38.9 Å². The molecule has 150 valence electrons. The third-order valence-corrected chi connectivity index (χ3v) is 6.15. The Labute approximate surface area is 169 Å². The molecule has 7 nitrogen and oxygen atoms in total. The molecule has 0 bridgehead atoms. The van der Waals surface area contributed by atoms with E-state index >= 15 is 0 Å². The van der Waals surface area contributed by atoms with Crippen LogP contribution in [0.5, 0.6) is 11.5 Å². The molecule has 0 aromatic heterocycles. The molecule has 0 atom stereocenters. The first kappa shape index (κ1) is 20.3. The Morgan fingerprint density at radius 1 is 1.21 bits per heavy atom. The van der Waals surface area contributed by atoms with E-state index in [4.69, 9.17) is 21.1 Å². The zero-order valence-electron chi connectivity index (χ0n) is 15.9. The second-order valence-corrected chi connectivity index (χ2v) is 9.21. The van der Waals surface area contributed by atoms with Crippen LogP contribution in [0.25, 0.3) is 0 Å². The van der Waals surface area contributed by atoms with Gasteiger partial charge in [0.25, 0.3) is 10.0 Å². The Hall–Kier alpha value is -2.45. The number of methoxy groups -OCH3 is 1. The number of nitrogens with zero attached hydrogens (tertiary/aromatic N) is 1. The van der Waals surface area contributed by atoms with Crippen LogP contribution in [-0.4, -0.2) is 35.1 Å². The lowest BCUT2D eigenvalue weighted by Crippen LogP contribution is -2.39. The summed E-state index contributed by atoms with van der Waals surface area (Å²) in [5.41, 5.74) is 0.199. The molecule has 28 heavy (non-hydrogen) atoms. The fraction of sp³-hybridized carbons (Fsp3) is 0.316. The quantitative estimate of drug-likeness (QED) is 0.811. The molecule has 1 aliphatic heterocycles. The van der Waals surface area contributed by atoms with Crippen LogP contribution in [0.3, 0.4) is 0 Å². The van der Waals surface area contributed by atoms with Crippen LogP contribution in [0.4, 0.5) is 11.4 Å². The number of hydrogen-bond acceptors (Lipinski definition) is 5. The molecule has 0 fully saturated rings. The number of fused-ring (bicyclic) bond motifs is 1. The Morgan fingerprint density at radius 3 is 2.57 bits per heavy atom. The van der Waals surface area contributed by atoms with E-state index in [2.05, 4.69) is 4.72 Å². The van der Waals surface area contributed by atoms with Crippen LogP contribution < -0.4 is 19.1 Å². The van der Waals surface area contributed by atoms with Gasteiger partial charge in [0.2, 0.25) is 5.91 Å². The molecule has 0 radical (unpaired) electrons. The Kier molecular flexibility index (Phi) is 5.20. The van der Waals surface area contributed by atoms with Crippen LogP contribution in [-0.2, 0) is 14.8 Å². The maximum absolute atomic E-state index is 12.7. The average Bonchev–Trinajstić information content (AvgIpc) is 2.72. The highest BCUT2D eigenvalue weighted by Crippen LogP contribution is 2.38. The summed E-state index contributed by atoms with van der Waals surface area (Å²) in [5, 5.41) is 0.193. The van der Waals surface area contributed by atoms with E-state index in [0.717, 1.165) is 0 Å². The molecule has 9 heteroatoms. The first-order valence-electron chi connectivity index (χ1n) is 8.46. The van der Waals surface area contributed by atoms with E-state index in [9.17, 15) is 13.2 Å². The van der Waals surface area contributed by atoms with Gasteiger partial charge < -0.3 is 14.4 Å². The van der Waals surface area contributed by atoms with E-state index in [1.165, 1.54) is 30.2 Å². The van der Waals surface area contributed by atoms with Gasteiger partial charge in [0.05, 0.1) is 33.8 Å². The van der Waals surface area contributed by atoms with Gasteiger partial charge in [-0.1, -0.05) is 11.6 Å². The molecule has 3 rings (SSSR count). The summed E-state index contributed by atoms with van der Waals surface area (Å²) in [6, 6.07) is 8.99. The standard InChI is InChI=1S/C19H21ClN2O5S/c1-19(2)11-27-17-9-12(5-7-15(17)22(3)18(19)23)21-28(24,25)13-6-8-16(26-4)14(20)10-13/h5-10,21H,11H2,1-4H3. The molecule has 2 aromatic rings. The summed E-state index contributed by atoms with van der Waals surface area (Å²) in [4.78, 5) is 14.0. The van der Waals surface area contributed by atoms with Gasteiger partial charge in [0.15, 0.2) is 0 Å². The maximum atomic E-state index is 12.7. The van der Waals surface area contributed by atoms with Gasteiger partial charge in [-0.3, -0.25) is 9.52 Å². The number of anilines is 2. The fourth-order valence-corrected chi connectivity index (χ4v) is 4.28. The highest BCUT2D eigenvalue weighted by Gasteiger charge is 2.36. The molecule has 0 spiro atoms. The number of sulfonamides is 1. The predicted octanol–water partition coefficient (Wildman–Crippen LogP) is 3.53. The number of halogens is 1. The predicted molar refractivity (Wildman–Crippen MR) is 108 cm³/mol. The normalized spacial score (nSPS) is 16.0. The van der Waals surface area contributed by atoms with E-state index in [1.807, 2.05) is 0 Å². The molecule has 1 amide bonds. The lowest BCUT2D eigenvalue weighted by molar-refractivity contribution is -0.127. The fourth-order valence-electron chi connectivity index (χ4n) is 2.88. The van der Waals surface area contributed by atoms with Gasteiger partial charge in [0.1, 0.15) is 18.1 Å². The highest BCUT2D eigenvalue weighted by molar-refractivity contribution is 7.92. The molecule has 1 aliphatic rings. The number of benzene rings is 2. The average molecular weight is 425 g/mol. The second-order valence-electron chi connectivity index (χ2n) is 7.12. The smallest absolute Gasteiger partial charge is 0.261 e. The molecule has 0 aliphatic carbocycles. The van der Waals surface area contributed by atoms with Crippen LogP contribution in [0, 0.1) is 5.41 Å². The summed E-state index contributed by atoms with van der Waals surface area (Å²) in [7, 11) is -0.751. The Balaban J connectivity index is 1.91. The number of nitrogens with one attached hydrogen (secondary N) is 1. The third kappa shape index (κ3) is 3.74. The number of carbonyl (C=O) groups is 1. The van der Waals surface area contributed by atoms with Crippen molar-refractivity contribution in [1.82, 2.24) is 0 Å². The second kappa shape index (κ2) is 7.18. The van der Waals surface area contributed by atoms with Gasteiger partial charge in [-0.25, -0.2) is 8.42 Å². The number of carbonyl (C=O) groups excluding carboxylic acids is 1. The molecular weight excluding hydrogens is 404 g/mol. The van der Waals surface area contributed by atoms with E-state index < -0.39 is 15.4 Å². The molecule has 2 aromatic carbocycles. The van der Waals surface area contributed by atoms with Crippen molar-refractivity contribution in [3.8, 4) is 11.5 Å². The van der Waals surface area contributed by atoms with Crippen LogP contribution >= 0.6 is 11.6 Å². The molecular formula is C19H21ClN2O5S. The number of rotatable bonds is 4. The first-order valence-corrected chi connectivity index (χ1v) is 10.3. The van der Waals surface area contributed by atoms with E-state index in [1.54, 1.807) is 39.1 Å². The molecule has 1 heterocycles. The van der Waals surface area contributed by atoms with Crippen molar-refractivity contribution in [2.75, 3.05) is 30.4 Å². The largest absolute Gasteiger partial charge is 0.495 e. The van der Waals surface area contributed by atoms with Crippen molar-refractivity contribution in [2.45, 2.75) is 18.7 Å². The summed E-state index contributed by atoms with van der Waals surface area (Å²) in [6.07, 6.45) is 0. The first-order chi connectivity index (χ1) is 13.0. The van der Waals surface area contributed by atoms with Crippen LogP contribution in [0.2, 0.25) is 5.02 Å². The summed E-state index contributed by atoms with van der Waals surface area (Å²) in [5.74, 6) is 0.733. The molecule has 0 saturated heterocycles. The Bertz CT molecular complexity index is 1040. The zero-order valence-corrected chi connectivity index (χ0v) is 17.5. The van der Waals surface area contributed by atoms with Crippen LogP contribution in [0.1, 0.15) is 13.8 Å². The minimum absolute atomic E-state index is 0.00240. The molecule has 0 saturated carbocycles. The SMILES string of the molecule is COc1ccc(S(=O)(=O)Nc2ccc3c(c2)OCC(C)(C)C(=O)N3C)cc1Cl. The monoisotopic (exact) mass is 424 g/mol. The zero-order chi connectivity index (χ0) is 20.7. The summed E-state index contributed by atoms with van der Waals surface area (Å²) in [6.45, 7) is 3.79. The third-order valence-electron chi connectivity index (χ3n) is 4.48. The van der Waals surface area contributed by atoms with Crippen LogP contribution in [0.15, 0.2) is 41.3 Å². The van der Waals surface area contributed by atoms with Gasteiger partial charge >= 0.3 is 0 Å². The minimum atomic E-state index is -3.87. The van der Waals surface area contributed by atoms with E-state index in [-0.39, 0.29) is 22.4 Å². The van der Waals surface area contributed by atoms with Crippen molar-refractivity contribution in [2.24, 2.45) is 5.41 Å². The highest BCUT2D eigenvalue weighted by atomic mass is 35.5. The lowest BCUT2D eigenvalue weighted by Gasteiger charge is -2.24. The van der Waals surface area contributed by atoms with E-state index in [0.29, 0.717) is 22.9 Å². The summed E-state index contributed by atoms with van der Waals surface area (Å²) >= 11 is 6.03. The summed E-state index contributed by atoms with van der Waals surface area (Å²) < 4.78 is 38.7. The maximum Gasteiger partial charge on any atom is 0.261 e. The van der Waals surface area contributed by atoms with Gasteiger partial charge in [-0.05, 0) is 44.2 Å². The van der Waals surface area contributed by atoms with Crippen molar-refractivity contribution < 1.29 is 22.7 Å². The van der Waals surface area contributed by atoms with Gasteiger partial charge in [-0.15, -0.1) is 0 Å². The lowest BCUT2D eigenvalue weighted by atomic mass is 9.93. The minimum Gasteiger partial charge on any atom is -0.495 e.